The van der Waals surface area contributed by atoms with Crippen molar-refractivity contribution in [2.24, 2.45) is 0 Å². The van der Waals surface area contributed by atoms with Gasteiger partial charge in [-0.1, -0.05) is 64.7 Å². The molecule has 0 amide bonds. The zero-order valence-corrected chi connectivity index (χ0v) is 11.0. The van der Waals surface area contributed by atoms with Crippen LogP contribution in [0.5, 0.6) is 0 Å². The number of fused-ring (bicyclic) bond motifs is 2. The first-order valence-electron chi connectivity index (χ1n) is 7.65. The zero-order chi connectivity index (χ0) is 11.2. The summed E-state index contributed by atoms with van der Waals surface area (Å²) in [7, 11) is 0. The first-order valence-corrected chi connectivity index (χ1v) is 7.65. The molecule has 16 heavy (non-hydrogen) atoms. The van der Waals surface area contributed by atoms with E-state index >= 15 is 0 Å². The van der Waals surface area contributed by atoms with Crippen LogP contribution in [0.1, 0.15) is 71.1 Å². The van der Waals surface area contributed by atoms with Gasteiger partial charge in [-0.05, 0) is 24.6 Å². The highest BCUT2D eigenvalue weighted by Crippen LogP contribution is 2.45. The number of rotatable bonds is 6. The van der Waals surface area contributed by atoms with Crippen LogP contribution in [-0.4, -0.2) is 13.4 Å². The van der Waals surface area contributed by atoms with Gasteiger partial charge in [-0.3, -0.25) is 0 Å². The van der Waals surface area contributed by atoms with Crippen LogP contribution in [0.4, 0.5) is 0 Å². The third kappa shape index (κ3) is 3.26. The molecule has 2 saturated heterocycles. The van der Waals surface area contributed by atoms with Crippen molar-refractivity contribution in [3.8, 4) is 0 Å². The van der Waals surface area contributed by atoms with Crippen molar-refractivity contribution in [3.63, 3.8) is 0 Å². The molecule has 0 aromatic carbocycles. The molecule has 2 rings (SSSR count). The Morgan fingerprint density at radius 2 is 1.56 bits per heavy atom. The zero-order valence-electron chi connectivity index (χ0n) is 11.0. The molecule has 2 heterocycles. The summed E-state index contributed by atoms with van der Waals surface area (Å²) in [6.07, 6.45) is 14.6. The largest absolute Gasteiger partial charge is 0.355 e. The third-order valence-electron chi connectivity index (χ3n) is 4.73. The van der Waals surface area contributed by atoms with Gasteiger partial charge in [-0.2, -0.15) is 0 Å². The molecule has 2 bridgehead atoms. The summed E-state index contributed by atoms with van der Waals surface area (Å²) in [5.41, 5.74) is 0. The van der Waals surface area contributed by atoms with E-state index in [9.17, 15) is 0 Å². The van der Waals surface area contributed by atoms with E-state index in [2.05, 4.69) is 12.2 Å². The summed E-state index contributed by atoms with van der Waals surface area (Å²) < 4.78 is 0. The second kappa shape index (κ2) is 6.69. The molecule has 2 fully saturated rings. The highest BCUT2D eigenvalue weighted by atomic mass is 14.8. The molecule has 2 heteroatoms. The molecule has 0 aromatic rings. The summed E-state index contributed by atoms with van der Waals surface area (Å²) in [5, 5.41) is 3.88. The maximum Gasteiger partial charge on any atom is 0.226 e. The van der Waals surface area contributed by atoms with Gasteiger partial charge in [0.1, 0.15) is 0 Å². The normalized spacial score (nSPS) is 29.4. The van der Waals surface area contributed by atoms with E-state index in [0.717, 1.165) is 18.5 Å². The highest BCUT2D eigenvalue weighted by molar-refractivity contribution is 6.60. The van der Waals surface area contributed by atoms with Crippen molar-refractivity contribution in [2.45, 2.75) is 82.8 Å². The first-order chi connectivity index (χ1) is 7.92. The standard InChI is InChI=1S/C14H28BN/c1-2-3-4-5-12-16-15-13-8-6-9-14(15)11-7-10-13/h13-14,16H,2-12H2,1H3. The first kappa shape index (κ1) is 12.5. The molecule has 0 spiro atoms. The summed E-state index contributed by atoms with van der Waals surface area (Å²) in [5.74, 6) is 2.05. The second-order valence-electron chi connectivity index (χ2n) is 5.92. The Kier molecular flexibility index (Phi) is 5.22. The topological polar surface area (TPSA) is 12.0 Å². The van der Waals surface area contributed by atoms with Crippen molar-refractivity contribution in [1.29, 1.82) is 0 Å². The van der Waals surface area contributed by atoms with Gasteiger partial charge >= 0.3 is 0 Å². The minimum absolute atomic E-state index is 0.893. The monoisotopic (exact) mass is 221 g/mol. The van der Waals surface area contributed by atoms with Gasteiger partial charge in [0, 0.05) is 0 Å². The molecule has 1 nitrogen and oxygen atoms in total. The SMILES string of the molecule is CCCCCCNB1C2CCCC1CCC2. The molecule has 0 atom stereocenters. The molecule has 2 aliphatic rings. The molecule has 0 unspecified atom stereocenters. The lowest BCUT2D eigenvalue weighted by atomic mass is 9.34. The van der Waals surface area contributed by atoms with Crippen LogP contribution < -0.4 is 5.23 Å². The van der Waals surface area contributed by atoms with Crippen LogP contribution in [-0.2, 0) is 0 Å². The average molecular weight is 221 g/mol. The van der Waals surface area contributed by atoms with Crippen molar-refractivity contribution >= 4 is 6.85 Å². The summed E-state index contributed by atoms with van der Waals surface area (Å²) in [6, 6.07) is 0. The van der Waals surface area contributed by atoms with Gasteiger partial charge in [0.05, 0.1) is 0 Å². The van der Waals surface area contributed by atoms with Gasteiger partial charge in [0.25, 0.3) is 0 Å². The Labute approximate surface area is 102 Å². The van der Waals surface area contributed by atoms with Crippen LogP contribution in [0.2, 0.25) is 11.6 Å². The lowest BCUT2D eigenvalue weighted by molar-refractivity contribution is 0.433. The average Bonchev–Trinajstić information content (AvgIpc) is 2.28. The Bertz CT molecular complexity index is 173. The van der Waals surface area contributed by atoms with E-state index in [1.807, 2.05) is 0 Å². The van der Waals surface area contributed by atoms with E-state index in [0.29, 0.717) is 0 Å². The van der Waals surface area contributed by atoms with Gasteiger partial charge in [-0.25, -0.2) is 0 Å². The maximum atomic E-state index is 3.88. The number of nitrogens with one attached hydrogen (secondary N) is 1. The minimum atomic E-state index is 0.893. The Hall–Kier alpha value is 0.0249. The van der Waals surface area contributed by atoms with E-state index in [4.69, 9.17) is 0 Å². The van der Waals surface area contributed by atoms with Crippen LogP contribution >= 0.6 is 0 Å². The number of hydrogen-bond donors (Lipinski definition) is 1. The Balaban J connectivity index is 1.67. The van der Waals surface area contributed by atoms with Crippen LogP contribution in [0.25, 0.3) is 0 Å². The predicted molar refractivity (Wildman–Crippen MR) is 73.1 cm³/mol. The molecule has 0 saturated carbocycles. The van der Waals surface area contributed by atoms with Gasteiger partial charge in [0.15, 0.2) is 0 Å². The molecule has 2 aliphatic heterocycles. The Morgan fingerprint density at radius 1 is 0.938 bits per heavy atom. The fraction of sp³-hybridized carbons (Fsp3) is 1.00. The molecule has 1 N–H and O–H groups in total. The molecule has 0 aromatic heterocycles. The lowest BCUT2D eigenvalue weighted by Crippen LogP contribution is -2.47. The third-order valence-corrected chi connectivity index (χ3v) is 4.73. The van der Waals surface area contributed by atoms with Crippen molar-refractivity contribution in [1.82, 2.24) is 5.23 Å². The number of hydrogen-bond acceptors (Lipinski definition) is 1. The number of unbranched alkanes of at least 4 members (excludes halogenated alkanes) is 3. The fourth-order valence-corrected chi connectivity index (χ4v) is 3.83. The fourth-order valence-electron chi connectivity index (χ4n) is 3.83. The molecule has 92 valence electrons. The molecule has 0 radical (unpaired) electrons. The maximum absolute atomic E-state index is 3.88. The van der Waals surface area contributed by atoms with Gasteiger partial charge in [0.2, 0.25) is 6.85 Å². The summed E-state index contributed by atoms with van der Waals surface area (Å²) in [4.78, 5) is 0. The van der Waals surface area contributed by atoms with Crippen LogP contribution in [0.3, 0.4) is 0 Å². The summed E-state index contributed by atoms with van der Waals surface area (Å²) in [6.45, 7) is 4.46. The van der Waals surface area contributed by atoms with Crippen LogP contribution in [0, 0.1) is 0 Å². The van der Waals surface area contributed by atoms with E-state index in [1.165, 1.54) is 70.8 Å². The minimum Gasteiger partial charge on any atom is -0.355 e. The van der Waals surface area contributed by atoms with E-state index in [1.54, 1.807) is 0 Å². The molecular weight excluding hydrogens is 193 g/mol. The van der Waals surface area contributed by atoms with Crippen LogP contribution in [0.15, 0.2) is 0 Å². The van der Waals surface area contributed by atoms with Crippen molar-refractivity contribution in [3.05, 3.63) is 0 Å². The van der Waals surface area contributed by atoms with Crippen molar-refractivity contribution in [2.75, 3.05) is 6.54 Å². The van der Waals surface area contributed by atoms with Crippen molar-refractivity contribution < 1.29 is 0 Å². The quantitative estimate of drug-likeness (QED) is 0.522. The van der Waals surface area contributed by atoms with Gasteiger partial charge < -0.3 is 5.23 Å². The Morgan fingerprint density at radius 3 is 2.12 bits per heavy atom. The van der Waals surface area contributed by atoms with Gasteiger partial charge in [-0.15, -0.1) is 0 Å². The smallest absolute Gasteiger partial charge is 0.226 e. The summed E-state index contributed by atoms with van der Waals surface area (Å²) >= 11 is 0. The van der Waals surface area contributed by atoms with E-state index in [-0.39, 0.29) is 0 Å². The lowest BCUT2D eigenvalue weighted by Gasteiger charge is -2.40. The predicted octanol–water partition coefficient (Wildman–Crippen LogP) is 4.26. The van der Waals surface area contributed by atoms with E-state index < -0.39 is 0 Å². The second-order valence-corrected chi connectivity index (χ2v) is 5.92. The molecular formula is C14H28BN. The molecule has 0 aliphatic carbocycles. The highest BCUT2D eigenvalue weighted by Gasteiger charge is 2.38.